The minimum Gasteiger partial charge on any atom is -0.369 e. The molecule has 1 fully saturated rings. The first kappa shape index (κ1) is 17.4. The van der Waals surface area contributed by atoms with Crippen LogP contribution in [-0.4, -0.2) is 67.2 Å². The second kappa shape index (κ2) is 9.32. The number of nitrogens with zero attached hydrogens (tertiary/aromatic N) is 2. The Balaban J connectivity index is 2.43. The van der Waals surface area contributed by atoms with Crippen molar-refractivity contribution < 1.29 is 9.53 Å². The van der Waals surface area contributed by atoms with Crippen molar-refractivity contribution in [1.29, 1.82) is 0 Å². The fourth-order valence-corrected chi connectivity index (χ4v) is 2.72. The van der Waals surface area contributed by atoms with Crippen molar-refractivity contribution in [3.63, 3.8) is 0 Å². The zero-order valence-corrected chi connectivity index (χ0v) is 13.3. The van der Waals surface area contributed by atoms with Gasteiger partial charge in [-0.15, -0.1) is 0 Å². The molecular formula is C15H31N3O2. The van der Waals surface area contributed by atoms with E-state index in [1.54, 1.807) is 0 Å². The molecule has 0 aromatic rings. The van der Waals surface area contributed by atoms with Crippen LogP contribution in [0.3, 0.4) is 0 Å². The second-order valence-electron chi connectivity index (χ2n) is 5.77. The molecule has 0 aromatic heterocycles. The van der Waals surface area contributed by atoms with Crippen molar-refractivity contribution in [1.82, 2.24) is 9.80 Å². The first-order valence-electron chi connectivity index (χ1n) is 7.92. The molecule has 1 aliphatic heterocycles. The van der Waals surface area contributed by atoms with Crippen molar-refractivity contribution in [2.75, 3.05) is 39.3 Å². The van der Waals surface area contributed by atoms with Crippen LogP contribution < -0.4 is 5.73 Å². The van der Waals surface area contributed by atoms with Gasteiger partial charge in [0.2, 0.25) is 5.91 Å². The lowest BCUT2D eigenvalue weighted by Crippen LogP contribution is -2.41. The van der Waals surface area contributed by atoms with E-state index >= 15 is 0 Å². The van der Waals surface area contributed by atoms with E-state index in [1.165, 1.54) is 0 Å². The van der Waals surface area contributed by atoms with Gasteiger partial charge in [0.25, 0.3) is 0 Å². The quantitative estimate of drug-likeness (QED) is 0.760. The Kier molecular flexibility index (Phi) is 8.11. The summed E-state index contributed by atoms with van der Waals surface area (Å²) in [6, 6.07) is 0.557. The third-order valence-corrected chi connectivity index (χ3v) is 3.91. The lowest BCUT2D eigenvalue weighted by Gasteiger charge is -2.29. The van der Waals surface area contributed by atoms with Gasteiger partial charge in [-0.1, -0.05) is 6.92 Å². The van der Waals surface area contributed by atoms with Gasteiger partial charge in [0.15, 0.2) is 0 Å². The summed E-state index contributed by atoms with van der Waals surface area (Å²) in [4.78, 5) is 16.5. The van der Waals surface area contributed by atoms with Crippen LogP contribution in [0.25, 0.3) is 0 Å². The van der Waals surface area contributed by atoms with Crippen LogP contribution in [-0.2, 0) is 9.53 Å². The number of carbonyl (C=O) groups is 1. The van der Waals surface area contributed by atoms with Gasteiger partial charge in [-0.05, 0) is 39.7 Å². The van der Waals surface area contributed by atoms with E-state index in [4.69, 9.17) is 10.5 Å². The number of nitrogens with two attached hydrogens (primary N) is 1. The lowest BCUT2D eigenvalue weighted by atomic mass is 10.1. The minimum atomic E-state index is 0.108. The van der Waals surface area contributed by atoms with Gasteiger partial charge in [0.05, 0.1) is 6.10 Å². The van der Waals surface area contributed by atoms with Crippen LogP contribution in [0.5, 0.6) is 0 Å². The van der Waals surface area contributed by atoms with E-state index in [2.05, 4.69) is 11.8 Å². The number of hydrogen-bond donors (Lipinski definition) is 1. The smallest absolute Gasteiger partial charge is 0.248 e. The van der Waals surface area contributed by atoms with Crippen LogP contribution in [0.4, 0.5) is 0 Å². The van der Waals surface area contributed by atoms with Gasteiger partial charge in [-0.25, -0.2) is 0 Å². The molecule has 0 aliphatic carbocycles. The van der Waals surface area contributed by atoms with Crippen LogP contribution in [0.15, 0.2) is 0 Å². The number of amides is 1. The summed E-state index contributed by atoms with van der Waals surface area (Å²) >= 11 is 0. The van der Waals surface area contributed by atoms with Crippen molar-refractivity contribution in [2.24, 2.45) is 5.73 Å². The Labute approximate surface area is 123 Å². The molecule has 118 valence electrons. The second-order valence-corrected chi connectivity index (χ2v) is 5.77. The Morgan fingerprint density at radius 1 is 1.25 bits per heavy atom. The summed E-state index contributed by atoms with van der Waals surface area (Å²) in [5, 5.41) is 0. The number of carbonyl (C=O) groups excluding carboxylic acids is 1. The number of rotatable bonds is 7. The van der Waals surface area contributed by atoms with Crippen molar-refractivity contribution in [3.8, 4) is 0 Å². The van der Waals surface area contributed by atoms with Crippen molar-refractivity contribution in [3.05, 3.63) is 0 Å². The normalized spacial score (nSPS) is 19.1. The molecule has 2 N–H and O–H groups in total. The molecule has 0 saturated carbocycles. The Morgan fingerprint density at radius 2 is 2.00 bits per heavy atom. The highest BCUT2D eigenvalue weighted by molar-refractivity contribution is 5.77. The molecule has 0 radical (unpaired) electrons. The number of hydrogen-bond acceptors (Lipinski definition) is 4. The maximum Gasteiger partial charge on any atom is 0.248 e. The minimum absolute atomic E-state index is 0.108. The average molecular weight is 285 g/mol. The third-order valence-electron chi connectivity index (χ3n) is 3.91. The zero-order chi connectivity index (χ0) is 15.0. The molecule has 1 saturated heterocycles. The predicted molar refractivity (Wildman–Crippen MR) is 81.6 cm³/mol. The Bertz CT molecular complexity index is 284. The average Bonchev–Trinajstić information content (AvgIpc) is 2.68. The molecular weight excluding hydrogens is 254 g/mol. The van der Waals surface area contributed by atoms with Gasteiger partial charge in [-0.3, -0.25) is 9.69 Å². The van der Waals surface area contributed by atoms with Crippen LogP contribution in [0, 0.1) is 0 Å². The van der Waals surface area contributed by atoms with Gasteiger partial charge >= 0.3 is 0 Å². The predicted octanol–water partition coefficient (Wildman–Crippen LogP) is 1.07. The van der Waals surface area contributed by atoms with Crippen molar-refractivity contribution in [2.45, 2.75) is 52.2 Å². The largest absolute Gasteiger partial charge is 0.369 e. The summed E-state index contributed by atoms with van der Waals surface area (Å²) in [6.45, 7) is 10.7. The highest BCUT2D eigenvalue weighted by Gasteiger charge is 2.22. The van der Waals surface area contributed by atoms with Crippen LogP contribution in [0.2, 0.25) is 0 Å². The van der Waals surface area contributed by atoms with Crippen molar-refractivity contribution >= 4 is 5.91 Å². The zero-order valence-electron chi connectivity index (χ0n) is 13.3. The molecule has 1 unspecified atom stereocenters. The molecule has 20 heavy (non-hydrogen) atoms. The van der Waals surface area contributed by atoms with Crippen LogP contribution >= 0.6 is 0 Å². The molecule has 1 amide bonds. The highest BCUT2D eigenvalue weighted by Crippen LogP contribution is 2.12. The Morgan fingerprint density at radius 3 is 2.60 bits per heavy atom. The topological polar surface area (TPSA) is 58.8 Å². The molecule has 1 heterocycles. The summed E-state index contributed by atoms with van der Waals surface area (Å²) in [5.74, 6) is 0.118. The molecule has 1 aliphatic rings. The molecule has 0 aromatic carbocycles. The Hall–Kier alpha value is -0.650. The third kappa shape index (κ3) is 5.77. The first-order valence-corrected chi connectivity index (χ1v) is 7.92. The molecule has 1 rings (SSSR count). The fourth-order valence-electron chi connectivity index (χ4n) is 2.72. The SMILES string of the molecule is CCC(CCN)N1CCCN(C(=O)COC(C)C)CC1. The van der Waals surface area contributed by atoms with E-state index in [0.717, 1.165) is 52.0 Å². The van der Waals surface area contributed by atoms with E-state index < -0.39 is 0 Å². The molecule has 0 spiro atoms. The summed E-state index contributed by atoms with van der Waals surface area (Å²) in [6.07, 6.45) is 3.31. The summed E-state index contributed by atoms with van der Waals surface area (Å²) in [7, 11) is 0. The van der Waals surface area contributed by atoms with Gasteiger partial charge in [0.1, 0.15) is 6.61 Å². The summed E-state index contributed by atoms with van der Waals surface area (Å²) < 4.78 is 5.41. The van der Waals surface area contributed by atoms with Gasteiger partial charge in [-0.2, -0.15) is 0 Å². The van der Waals surface area contributed by atoms with Crippen LogP contribution in [0.1, 0.15) is 40.0 Å². The number of ether oxygens (including phenoxy) is 1. The monoisotopic (exact) mass is 285 g/mol. The van der Waals surface area contributed by atoms with Gasteiger partial charge < -0.3 is 15.4 Å². The first-order chi connectivity index (χ1) is 9.58. The molecule has 1 atom stereocenters. The van der Waals surface area contributed by atoms with E-state index in [-0.39, 0.29) is 18.6 Å². The molecule has 5 heteroatoms. The van der Waals surface area contributed by atoms with E-state index in [1.807, 2.05) is 18.7 Å². The maximum absolute atomic E-state index is 12.1. The molecule has 0 bridgehead atoms. The standard InChI is InChI=1S/C15H31N3O2/c1-4-14(6-7-16)17-8-5-9-18(11-10-17)15(19)12-20-13(2)3/h13-14H,4-12,16H2,1-3H3. The van der Waals surface area contributed by atoms with Gasteiger partial charge in [0, 0.05) is 32.2 Å². The summed E-state index contributed by atoms with van der Waals surface area (Å²) in [5.41, 5.74) is 5.69. The highest BCUT2D eigenvalue weighted by atomic mass is 16.5. The van der Waals surface area contributed by atoms with E-state index in [9.17, 15) is 4.79 Å². The fraction of sp³-hybridized carbons (Fsp3) is 0.933. The van der Waals surface area contributed by atoms with E-state index in [0.29, 0.717) is 6.04 Å². The lowest BCUT2D eigenvalue weighted by molar-refractivity contribution is -0.137. The molecule has 5 nitrogen and oxygen atoms in total. The maximum atomic E-state index is 12.1.